The number of nitrogens with zero attached hydrogens (tertiary/aromatic N) is 1. The molecule has 0 radical (unpaired) electrons. The Kier molecular flexibility index (Phi) is 4.14. The summed E-state index contributed by atoms with van der Waals surface area (Å²) >= 11 is 0. The first kappa shape index (κ1) is 13.5. The van der Waals surface area contributed by atoms with Crippen LogP contribution in [-0.2, 0) is 0 Å². The second-order valence-corrected chi connectivity index (χ2v) is 4.64. The molecule has 19 heavy (non-hydrogen) atoms. The molecule has 0 heterocycles. The normalized spacial score (nSPS) is 12.2. The molecule has 0 aliphatic rings. The largest absolute Gasteiger partial charge is 0.378 e. The first-order valence-corrected chi connectivity index (χ1v) is 6.10. The van der Waals surface area contributed by atoms with Crippen molar-refractivity contribution in [3.63, 3.8) is 0 Å². The molecule has 4 heteroatoms. The fraction of sp³-hybridized carbons (Fsp3) is 0.200. The van der Waals surface area contributed by atoms with Crippen LogP contribution in [0.3, 0.4) is 0 Å². The van der Waals surface area contributed by atoms with Crippen LogP contribution < -0.4 is 16.2 Å². The van der Waals surface area contributed by atoms with E-state index in [2.05, 4.69) is 5.43 Å². The third-order valence-corrected chi connectivity index (χ3v) is 3.09. The van der Waals surface area contributed by atoms with Crippen LogP contribution in [0.2, 0.25) is 0 Å². The summed E-state index contributed by atoms with van der Waals surface area (Å²) in [5, 5.41) is 0. The average Bonchev–Trinajstić information content (AvgIpc) is 2.40. The van der Waals surface area contributed by atoms with Crippen LogP contribution in [0.5, 0.6) is 0 Å². The topological polar surface area (TPSA) is 41.3 Å². The van der Waals surface area contributed by atoms with Gasteiger partial charge in [-0.3, -0.25) is 5.84 Å². The number of nitrogens with one attached hydrogen (secondary N) is 1. The lowest BCUT2D eigenvalue weighted by atomic mass is 9.99. The van der Waals surface area contributed by atoms with Crippen molar-refractivity contribution in [3.05, 3.63) is 65.5 Å². The Bertz CT molecular complexity index is 537. The van der Waals surface area contributed by atoms with Crippen LogP contribution >= 0.6 is 0 Å². The maximum Gasteiger partial charge on any atom is 0.123 e. The van der Waals surface area contributed by atoms with E-state index in [1.807, 2.05) is 49.3 Å². The van der Waals surface area contributed by atoms with Gasteiger partial charge in [-0.05, 0) is 35.4 Å². The number of nitrogens with two attached hydrogens (primary N) is 1. The van der Waals surface area contributed by atoms with Crippen LogP contribution in [0, 0.1) is 5.82 Å². The number of hydrogen-bond donors (Lipinski definition) is 2. The van der Waals surface area contributed by atoms with Crippen LogP contribution in [-0.4, -0.2) is 14.1 Å². The molecule has 2 rings (SSSR count). The molecule has 3 nitrogen and oxygen atoms in total. The van der Waals surface area contributed by atoms with Crippen molar-refractivity contribution >= 4 is 5.69 Å². The van der Waals surface area contributed by atoms with Gasteiger partial charge in [-0.15, -0.1) is 0 Å². The number of hydrazine groups is 1. The molecule has 0 aliphatic heterocycles. The number of halogens is 1. The van der Waals surface area contributed by atoms with E-state index < -0.39 is 0 Å². The quantitative estimate of drug-likeness (QED) is 0.654. The minimum atomic E-state index is -0.261. The highest BCUT2D eigenvalue weighted by molar-refractivity contribution is 5.47. The van der Waals surface area contributed by atoms with Gasteiger partial charge in [0.25, 0.3) is 0 Å². The number of rotatable bonds is 4. The predicted molar refractivity (Wildman–Crippen MR) is 76.3 cm³/mol. The Balaban J connectivity index is 2.31. The Morgan fingerprint density at radius 1 is 1.05 bits per heavy atom. The molecule has 0 aliphatic carbocycles. The molecule has 100 valence electrons. The van der Waals surface area contributed by atoms with E-state index in [9.17, 15) is 4.39 Å². The summed E-state index contributed by atoms with van der Waals surface area (Å²) in [5.74, 6) is 5.34. The number of anilines is 1. The van der Waals surface area contributed by atoms with Crippen molar-refractivity contribution in [2.75, 3.05) is 19.0 Å². The smallest absolute Gasteiger partial charge is 0.123 e. The van der Waals surface area contributed by atoms with Crippen molar-refractivity contribution in [2.45, 2.75) is 6.04 Å². The van der Waals surface area contributed by atoms with Gasteiger partial charge in [0.2, 0.25) is 0 Å². The highest BCUT2D eigenvalue weighted by atomic mass is 19.1. The molecule has 3 N–H and O–H groups in total. The minimum Gasteiger partial charge on any atom is -0.378 e. The zero-order chi connectivity index (χ0) is 13.8. The second-order valence-electron chi connectivity index (χ2n) is 4.64. The highest BCUT2D eigenvalue weighted by Gasteiger charge is 2.12. The first-order chi connectivity index (χ1) is 9.11. The van der Waals surface area contributed by atoms with Crippen molar-refractivity contribution in [1.82, 2.24) is 5.43 Å². The Labute approximate surface area is 112 Å². The summed E-state index contributed by atoms with van der Waals surface area (Å²) < 4.78 is 13.3. The molecule has 0 saturated carbocycles. The highest BCUT2D eigenvalue weighted by Crippen LogP contribution is 2.23. The van der Waals surface area contributed by atoms with E-state index in [1.165, 1.54) is 12.1 Å². The van der Waals surface area contributed by atoms with Gasteiger partial charge in [-0.2, -0.15) is 0 Å². The zero-order valence-electron chi connectivity index (χ0n) is 11.1. The summed E-state index contributed by atoms with van der Waals surface area (Å²) in [5.41, 5.74) is 5.64. The fourth-order valence-electron chi connectivity index (χ4n) is 2.04. The minimum absolute atomic E-state index is 0.216. The zero-order valence-corrected chi connectivity index (χ0v) is 11.1. The lowest BCUT2D eigenvalue weighted by molar-refractivity contribution is 0.605. The molecule has 1 atom stereocenters. The van der Waals surface area contributed by atoms with Crippen LogP contribution in [0.25, 0.3) is 0 Å². The Hall–Kier alpha value is -1.91. The van der Waals surface area contributed by atoms with Crippen molar-refractivity contribution in [2.24, 2.45) is 5.84 Å². The van der Waals surface area contributed by atoms with Crippen LogP contribution in [0.15, 0.2) is 48.5 Å². The van der Waals surface area contributed by atoms with E-state index in [4.69, 9.17) is 5.84 Å². The van der Waals surface area contributed by atoms with Gasteiger partial charge in [-0.1, -0.05) is 24.3 Å². The van der Waals surface area contributed by atoms with E-state index in [1.54, 1.807) is 6.07 Å². The third-order valence-electron chi connectivity index (χ3n) is 3.09. The summed E-state index contributed by atoms with van der Waals surface area (Å²) in [7, 11) is 3.97. The molecule has 2 aromatic rings. The van der Waals surface area contributed by atoms with Gasteiger partial charge in [0.05, 0.1) is 6.04 Å². The summed E-state index contributed by atoms with van der Waals surface area (Å²) in [6.07, 6.45) is 0. The van der Waals surface area contributed by atoms with Crippen LogP contribution in [0.1, 0.15) is 17.2 Å². The number of benzene rings is 2. The van der Waals surface area contributed by atoms with Gasteiger partial charge in [0, 0.05) is 19.8 Å². The molecule has 0 saturated heterocycles. The van der Waals surface area contributed by atoms with Gasteiger partial charge in [0.15, 0.2) is 0 Å². The number of hydrogen-bond acceptors (Lipinski definition) is 3. The van der Waals surface area contributed by atoms with Gasteiger partial charge in [0.1, 0.15) is 5.82 Å². The van der Waals surface area contributed by atoms with E-state index in [0.29, 0.717) is 0 Å². The molecule has 2 aromatic carbocycles. The molecule has 0 aromatic heterocycles. The fourth-order valence-corrected chi connectivity index (χ4v) is 2.04. The lowest BCUT2D eigenvalue weighted by Gasteiger charge is -2.19. The van der Waals surface area contributed by atoms with Crippen molar-refractivity contribution < 1.29 is 4.39 Å². The lowest BCUT2D eigenvalue weighted by Crippen LogP contribution is -2.28. The van der Waals surface area contributed by atoms with E-state index >= 15 is 0 Å². The summed E-state index contributed by atoms with van der Waals surface area (Å²) in [6.45, 7) is 0. The van der Waals surface area contributed by atoms with Gasteiger partial charge >= 0.3 is 0 Å². The molecule has 0 spiro atoms. The maximum atomic E-state index is 13.3. The van der Waals surface area contributed by atoms with Crippen LogP contribution in [0.4, 0.5) is 10.1 Å². The third kappa shape index (κ3) is 3.10. The van der Waals surface area contributed by atoms with E-state index in [-0.39, 0.29) is 11.9 Å². The summed E-state index contributed by atoms with van der Waals surface area (Å²) in [6, 6.07) is 14.2. The second kappa shape index (κ2) is 5.82. The molecular weight excluding hydrogens is 241 g/mol. The standard InChI is InChI=1S/C15H18FN3/c1-19(2)14-8-6-11(7-9-14)15(18-17)12-4-3-5-13(16)10-12/h3-10,15,18H,17H2,1-2H3. The molecule has 0 bridgehead atoms. The van der Waals surface area contributed by atoms with Crippen molar-refractivity contribution in [3.8, 4) is 0 Å². The predicted octanol–water partition coefficient (Wildman–Crippen LogP) is 2.44. The maximum absolute atomic E-state index is 13.3. The SMILES string of the molecule is CN(C)c1ccc(C(NN)c2cccc(F)c2)cc1. The molecule has 0 fully saturated rings. The van der Waals surface area contributed by atoms with Gasteiger partial charge < -0.3 is 4.90 Å². The van der Waals surface area contributed by atoms with E-state index in [0.717, 1.165) is 16.8 Å². The molecule has 1 unspecified atom stereocenters. The van der Waals surface area contributed by atoms with Gasteiger partial charge in [-0.25, -0.2) is 9.82 Å². The average molecular weight is 259 g/mol. The Morgan fingerprint density at radius 2 is 1.74 bits per heavy atom. The van der Waals surface area contributed by atoms with Crippen molar-refractivity contribution in [1.29, 1.82) is 0 Å². The summed E-state index contributed by atoms with van der Waals surface area (Å²) in [4.78, 5) is 2.02. The molecular formula is C15H18FN3. The molecule has 0 amide bonds. The Morgan fingerprint density at radius 3 is 2.26 bits per heavy atom. The monoisotopic (exact) mass is 259 g/mol. The first-order valence-electron chi connectivity index (χ1n) is 6.10.